The zero-order valence-corrected chi connectivity index (χ0v) is 69.4. The summed E-state index contributed by atoms with van der Waals surface area (Å²) in [5, 5.41) is 10.6. The summed E-state index contributed by atoms with van der Waals surface area (Å²) >= 11 is 0. The van der Waals surface area contributed by atoms with Crippen LogP contribution in [0.2, 0.25) is 0 Å². The minimum absolute atomic E-state index is 0.108. The number of esters is 4. The first-order valence-electron chi connectivity index (χ1n) is 43.5. The molecule has 0 saturated carbocycles. The van der Waals surface area contributed by atoms with E-state index in [2.05, 4.69) is 41.5 Å². The van der Waals surface area contributed by atoms with E-state index in [4.69, 9.17) is 37.0 Å². The van der Waals surface area contributed by atoms with Crippen molar-refractivity contribution in [3.63, 3.8) is 0 Å². The maximum absolute atomic E-state index is 13.1. The van der Waals surface area contributed by atoms with Crippen molar-refractivity contribution < 1.29 is 80.2 Å². The lowest BCUT2D eigenvalue weighted by Crippen LogP contribution is -2.30. The molecule has 0 radical (unpaired) electrons. The first-order chi connectivity index (χ1) is 49.9. The molecular weight excluding hydrogens is 1340 g/mol. The number of ether oxygens (including phenoxy) is 4. The standard InChI is InChI=1S/C84H164O17P2/c1-7-10-12-14-16-17-18-19-20-21-22-23-27-33-38-43-49-55-61-67-82(87)95-73-80(101-84(89)69-62-56-50-44-39-34-28-25-24-26-31-36-41-47-52-58-64-76(4)5)75-99-103(92,93)97-71-78(85)70-96-102(90,91)98-74-79(72-94-81(86)66-60-54-46-15-13-11-8-2)100-83(88)68-63-57-51-45-40-35-30-29-32-37-42-48-53-59-65-77(6)9-3/h76-80,85H,7-75H2,1-6H3,(H,90,91)(H,92,93)/t77?,78-,79+,80+/m0/s1. The minimum Gasteiger partial charge on any atom is -0.462 e. The van der Waals surface area contributed by atoms with Gasteiger partial charge in [-0.3, -0.25) is 37.3 Å². The molecule has 3 N–H and O–H groups in total. The molecule has 0 aromatic heterocycles. The Morgan fingerprint density at radius 2 is 0.495 bits per heavy atom. The first-order valence-corrected chi connectivity index (χ1v) is 46.5. The second-order valence-corrected chi connectivity index (χ2v) is 33.8. The largest absolute Gasteiger partial charge is 0.472 e. The molecular formula is C84H164O17P2. The predicted molar refractivity (Wildman–Crippen MR) is 423 cm³/mol. The summed E-state index contributed by atoms with van der Waals surface area (Å²) in [5.41, 5.74) is 0. The van der Waals surface area contributed by atoms with Gasteiger partial charge in [0.15, 0.2) is 12.2 Å². The van der Waals surface area contributed by atoms with Crippen molar-refractivity contribution in [3.8, 4) is 0 Å². The smallest absolute Gasteiger partial charge is 0.462 e. The Labute approximate surface area is 632 Å². The summed E-state index contributed by atoms with van der Waals surface area (Å²) in [5.74, 6) is -0.454. The monoisotopic (exact) mass is 1510 g/mol. The number of carbonyl (C=O) groups excluding carboxylic acids is 4. The topological polar surface area (TPSA) is 237 Å². The summed E-state index contributed by atoms with van der Waals surface area (Å²) in [6, 6.07) is 0. The average molecular weight is 1510 g/mol. The molecule has 0 bridgehead atoms. The van der Waals surface area contributed by atoms with Crippen molar-refractivity contribution in [1.29, 1.82) is 0 Å². The molecule has 0 aliphatic carbocycles. The van der Waals surface area contributed by atoms with Gasteiger partial charge in [-0.1, -0.05) is 395 Å². The van der Waals surface area contributed by atoms with Gasteiger partial charge in [0.1, 0.15) is 19.3 Å². The number of carbonyl (C=O) groups is 4. The molecule has 0 aromatic carbocycles. The van der Waals surface area contributed by atoms with Crippen LogP contribution in [0, 0.1) is 11.8 Å². The number of unbranched alkanes of at least 4 members (excludes halogenated alkanes) is 52. The minimum atomic E-state index is -4.96. The summed E-state index contributed by atoms with van der Waals surface area (Å²) < 4.78 is 68.7. The molecule has 3 unspecified atom stereocenters. The molecule has 0 rings (SSSR count). The summed E-state index contributed by atoms with van der Waals surface area (Å²) in [4.78, 5) is 73.0. The lowest BCUT2D eigenvalue weighted by molar-refractivity contribution is -0.161. The van der Waals surface area contributed by atoms with Crippen LogP contribution in [0.1, 0.15) is 446 Å². The van der Waals surface area contributed by atoms with E-state index in [1.807, 2.05) is 0 Å². The Bertz CT molecular complexity index is 1980. The Kier molecular flexibility index (Phi) is 74.1. The van der Waals surface area contributed by atoms with Gasteiger partial charge in [0, 0.05) is 25.7 Å². The molecule has 103 heavy (non-hydrogen) atoms. The molecule has 0 fully saturated rings. The molecule has 0 aliphatic heterocycles. The van der Waals surface area contributed by atoms with Gasteiger partial charge in [-0.15, -0.1) is 0 Å². The Morgan fingerprint density at radius 1 is 0.282 bits per heavy atom. The van der Waals surface area contributed by atoms with Gasteiger partial charge < -0.3 is 33.8 Å². The third-order valence-electron chi connectivity index (χ3n) is 20.1. The number of hydrogen-bond acceptors (Lipinski definition) is 15. The fourth-order valence-electron chi connectivity index (χ4n) is 13.0. The van der Waals surface area contributed by atoms with Crippen molar-refractivity contribution in [2.75, 3.05) is 39.6 Å². The van der Waals surface area contributed by atoms with Crippen LogP contribution in [0.4, 0.5) is 0 Å². The van der Waals surface area contributed by atoms with Crippen molar-refractivity contribution >= 4 is 39.5 Å². The predicted octanol–water partition coefficient (Wildman–Crippen LogP) is 25.5. The van der Waals surface area contributed by atoms with Crippen LogP contribution < -0.4 is 0 Å². The lowest BCUT2D eigenvalue weighted by atomic mass is 9.99. The summed E-state index contributed by atoms with van der Waals surface area (Å²) in [6.45, 7) is 9.70. The fraction of sp³-hybridized carbons (Fsp3) is 0.952. The number of hydrogen-bond donors (Lipinski definition) is 3. The van der Waals surface area contributed by atoms with Crippen LogP contribution >= 0.6 is 15.6 Å². The van der Waals surface area contributed by atoms with Gasteiger partial charge in [-0.2, -0.15) is 0 Å². The summed E-state index contributed by atoms with van der Waals surface area (Å²) in [6.07, 6.45) is 66.8. The highest BCUT2D eigenvalue weighted by Crippen LogP contribution is 2.45. The SMILES string of the molecule is CCCCCCCCCCCCCCCCCCCCCC(=O)OC[C@H](COP(=O)(O)OC[C@@H](O)COP(=O)(O)OC[C@@H](COC(=O)CCCCCCCCC)OC(=O)CCCCCCCCCCCCCCCCC(C)CC)OC(=O)CCCCCCCCCCCCCCCCCCC(C)C. The zero-order valence-electron chi connectivity index (χ0n) is 67.6. The van der Waals surface area contributed by atoms with E-state index in [-0.39, 0.29) is 25.7 Å². The van der Waals surface area contributed by atoms with E-state index < -0.39 is 97.5 Å². The van der Waals surface area contributed by atoms with Crippen LogP contribution in [0.5, 0.6) is 0 Å². The van der Waals surface area contributed by atoms with Crippen molar-refractivity contribution in [1.82, 2.24) is 0 Å². The molecule has 0 heterocycles. The lowest BCUT2D eigenvalue weighted by Gasteiger charge is -2.21. The Hall–Kier alpha value is -1.94. The van der Waals surface area contributed by atoms with E-state index in [1.165, 1.54) is 250 Å². The number of rotatable bonds is 83. The van der Waals surface area contributed by atoms with Crippen LogP contribution in [0.3, 0.4) is 0 Å². The van der Waals surface area contributed by atoms with Crippen molar-refractivity contribution in [2.24, 2.45) is 11.8 Å². The highest BCUT2D eigenvalue weighted by Gasteiger charge is 2.30. The first kappa shape index (κ1) is 101. The highest BCUT2D eigenvalue weighted by atomic mass is 31.2. The molecule has 0 aliphatic rings. The normalized spacial score (nSPS) is 14.1. The summed E-state index contributed by atoms with van der Waals surface area (Å²) in [7, 11) is -9.92. The van der Waals surface area contributed by atoms with Crippen LogP contribution in [0.25, 0.3) is 0 Å². The Balaban J connectivity index is 5.17. The highest BCUT2D eigenvalue weighted by molar-refractivity contribution is 7.47. The molecule has 0 spiro atoms. The molecule has 612 valence electrons. The average Bonchev–Trinajstić information content (AvgIpc) is 0.922. The van der Waals surface area contributed by atoms with E-state index in [0.29, 0.717) is 25.7 Å². The van der Waals surface area contributed by atoms with Gasteiger partial charge in [0.05, 0.1) is 26.4 Å². The zero-order chi connectivity index (χ0) is 75.6. The third-order valence-corrected chi connectivity index (χ3v) is 22.0. The molecule has 17 nitrogen and oxygen atoms in total. The van der Waals surface area contributed by atoms with E-state index >= 15 is 0 Å². The quantitative estimate of drug-likeness (QED) is 0.0222. The molecule has 0 amide bonds. The number of phosphoric acid groups is 2. The van der Waals surface area contributed by atoms with Gasteiger partial charge >= 0.3 is 39.5 Å². The van der Waals surface area contributed by atoms with E-state index in [0.717, 1.165) is 115 Å². The molecule has 6 atom stereocenters. The number of aliphatic hydroxyl groups is 1. The third kappa shape index (κ3) is 76.6. The molecule has 19 heteroatoms. The van der Waals surface area contributed by atoms with Crippen molar-refractivity contribution in [2.45, 2.75) is 464 Å². The fourth-order valence-corrected chi connectivity index (χ4v) is 14.6. The van der Waals surface area contributed by atoms with Gasteiger partial charge in [-0.05, 0) is 37.5 Å². The van der Waals surface area contributed by atoms with Crippen LogP contribution in [-0.4, -0.2) is 96.7 Å². The van der Waals surface area contributed by atoms with Crippen LogP contribution in [-0.2, 0) is 65.4 Å². The van der Waals surface area contributed by atoms with Crippen molar-refractivity contribution in [3.05, 3.63) is 0 Å². The number of phosphoric ester groups is 2. The second kappa shape index (κ2) is 75.5. The second-order valence-electron chi connectivity index (χ2n) is 30.9. The number of aliphatic hydroxyl groups excluding tert-OH is 1. The van der Waals surface area contributed by atoms with Gasteiger partial charge in [0.2, 0.25) is 0 Å². The maximum Gasteiger partial charge on any atom is 0.472 e. The van der Waals surface area contributed by atoms with Crippen LogP contribution in [0.15, 0.2) is 0 Å². The van der Waals surface area contributed by atoms with Gasteiger partial charge in [0.25, 0.3) is 0 Å². The van der Waals surface area contributed by atoms with E-state index in [1.54, 1.807) is 0 Å². The Morgan fingerprint density at radius 3 is 0.738 bits per heavy atom. The molecule has 0 saturated heterocycles. The maximum atomic E-state index is 13.1. The van der Waals surface area contributed by atoms with E-state index in [9.17, 15) is 43.2 Å². The molecule has 0 aromatic rings. The van der Waals surface area contributed by atoms with Gasteiger partial charge in [-0.25, -0.2) is 9.13 Å².